The molecular weight excluding hydrogens is 200 g/mol. The van der Waals surface area contributed by atoms with E-state index in [1.807, 2.05) is 0 Å². The smallest absolute Gasteiger partial charge is 0.249 e. The van der Waals surface area contributed by atoms with Crippen molar-refractivity contribution in [3.63, 3.8) is 0 Å². The van der Waals surface area contributed by atoms with Crippen LogP contribution >= 0.6 is 0 Å². The number of carbonyl (C=O) groups is 2. The van der Waals surface area contributed by atoms with Crippen LogP contribution in [0.25, 0.3) is 0 Å². The van der Waals surface area contributed by atoms with E-state index < -0.39 is 17.9 Å². The standard InChI is InChI=1S/C7H12N6O2/c1-3-5(15)11-4(14)2-13(3)7(10)12-6(8)9/h3H,2H2,1H3,(H,11,14,15)(H5,8,9,10,12). The average molecular weight is 212 g/mol. The van der Waals surface area contributed by atoms with E-state index in [0.29, 0.717) is 0 Å². The SMILES string of the molecule is CC1C(=O)NC(=O)CN1C(=N)N=C(N)N. The van der Waals surface area contributed by atoms with Gasteiger partial charge < -0.3 is 16.4 Å². The van der Waals surface area contributed by atoms with Crippen LogP contribution < -0.4 is 16.8 Å². The molecular formula is C7H12N6O2. The lowest BCUT2D eigenvalue weighted by atomic mass is 10.2. The summed E-state index contributed by atoms with van der Waals surface area (Å²) in [5, 5.41) is 9.61. The molecule has 1 rings (SSSR count). The molecule has 82 valence electrons. The zero-order valence-corrected chi connectivity index (χ0v) is 8.15. The lowest BCUT2D eigenvalue weighted by Gasteiger charge is -2.31. The minimum absolute atomic E-state index is 0.109. The minimum Gasteiger partial charge on any atom is -0.370 e. The highest BCUT2D eigenvalue weighted by molar-refractivity contribution is 6.05. The molecule has 1 aliphatic rings. The predicted molar refractivity (Wildman–Crippen MR) is 52.9 cm³/mol. The van der Waals surface area contributed by atoms with E-state index in [2.05, 4.69) is 10.3 Å². The molecule has 0 radical (unpaired) electrons. The Morgan fingerprint density at radius 3 is 2.73 bits per heavy atom. The molecule has 1 fully saturated rings. The highest BCUT2D eigenvalue weighted by Gasteiger charge is 2.31. The predicted octanol–water partition coefficient (Wildman–Crippen LogP) is -2.46. The fourth-order valence-corrected chi connectivity index (χ4v) is 1.16. The third-order valence-corrected chi connectivity index (χ3v) is 1.93. The third kappa shape index (κ3) is 2.42. The van der Waals surface area contributed by atoms with Crippen LogP contribution in [0, 0.1) is 5.41 Å². The highest BCUT2D eigenvalue weighted by atomic mass is 16.2. The van der Waals surface area contributed by atoms with E-state index in [9.17, 15) is 9.59 Å². The Morgan fingerprint density at radius 2 is 2.20 bits per heavy atom. The van der Waals surface area contributed by atoms with Crippen LogP contribution in [0.5, 0.6) is 0 Å². The molecule has 2 amide bonds. The number of nitrogens with one attached hydrogen (secondary N) is 2. The third-order valence-electron chi connectivity index (χ3n) is 1.93. The molecule has 1 atom stereocenters. The first-order valence-electron chi connectivity index (χ1n) is 4.20. The molecule has 15 heavy (non-hydrogen) atoms. The van der Waals surface area contributed by atoms with Gasteiger partial charge in [-0.15, -0.1) is 0 Å². The summed E-state index contributed by atoms with van der Waals surface area (Å²) in [6.07, 6.45) is 0. The largest absolute Gasteiger partial charge is 0.370 e. The number of hydrogen-bond acceptors (Lipinski definition) is 3. The lowest BCUT2D eigenvalue weighted by molar-refractivity contribution is -0.137. The van der Waals surface area contributed by atoms with Crippen molar-refractivity contribution in [2.75, 3.05) is 6.54 Å². The average Bonchev–Trinajstić information content (AvgIpc) is 2.09. The van der Waals surface area contributed by atoms with Gasteiger partial charge in [-0.2, -0.15) is 4.99 Å². The summed E-state index contributed by atoms with van der Waals surface area (Å²) in [5.41, 5.74) is 10.2. The summed E-state index contributed by atoms with van der Waals surface area (Å²) in [6.45, 7) is 1.45. The van der Waals surface area contributed by atoms with Crippen molar-refractivity contribution in [1.82, 2.24) is 10.2 Å². The van der Waals surface area contributed by atoms with Crippen LogP contribution in [-0.4, -0.2) is 41.2 Å². The number of hydrogen-bond donors (Lipinski definition) is 4. The maximum absolute atomic E-state index is 11.2. The van der Waals surface area contributed by atoms with Gasteiger partial charge in [0.1, 0.15) is 12.6 Å². The molecule has 1 saturated heterocycles. The van der Waals surface area contributed by atoms with Gasteiger partial charge in [-0.3, -0.25) is 20.3 Å². The van der Waals surface area contributed by atoms with Gasteiger partial charge in [-0.05, 0) is 6.92 Å². The summed E-state index contributed by atoms with van der Waals surface area (Å²) in [7, 11) is 0. The monoisotopic (exact) mass is 212 g/mol. The van der Waals surface area contributed by atoms with Crippen LogP contribution in [0.3, 0.4) is 0 Å². The molecule has 0 spiro atoms. The van der Waals surface area contributed by atoms with Crippen LogP contribution in [0.1, 0.15) is 6.92 Å². The maximum Gasteiger partial charge on any atom is 0.249 e. The van der Waals surface area contributed by atoms with E-state index >= 15 is 0 Å². The first-order chi connectivity index (χ1) is 6.91. The Morgan fingerprint density at radius 1 is 1.60 bits per heavy atom. The topological polar surface area (TPSA) is 138 Å². The van der Waals surface area contributed by atoms with Crippen molar-refractivity contribution in [2.45, 2.75) is 13.0 Å². The van der Waals surface area contributed by atoms with Crippen LogP contribution in [0.15, 0.2) is 4.99 Å². The van der Waals surface area contributed by atoms with Gasteiger partial charge in [0.15, 0.2) is 5.96 Å². The summed E-state index contributed by atoms with van der Waals surface area (Å²) >= 11 is 0. The van der Waals surface area contributed by atoms with Gasteiger partial charge in [0.05, 0.1) is 0 Å². The second kappa shape index (κ2) is 3.95. The molecule has 0 aliphatic carbocycles. The molecule has 0 aromatic heterocycles. The number of nitrogens with zero attached hydrogens (tertiary/aromatic N) is 2. The van der Waals surface area contributed by atoms with Crippen LogP contribution in [0.4, 0.5) is 0 Å². The molecule has 1 unspecified atom stereocenters. The van der Waals surface area contributed by atoms with Gasteiger partial charge in [0, 0.05) is 0 Å². The van der Waals surface area contributed by atoms with E-state index in [1.165, 1.54) is 4.90 Å². The molecule has 1 heterocycles. The minimum atomic E-state index is -0.640. The number of carbonyl (C=O) groups excluding carboxylic acids is 2. The van der Waals surface area contributed by atoms with E-state index in [0.717, 1.165) is 0 Å². The lowest BCUT2D eigenvalue weighted by Crippen LogP contribution is -2.58. The molecule has 0 aromatic rings. The Hall–Kier alpha value is -2.12. The van der Waals surface area contributed by atoms with Crippen LogP contribution in [-0.2, 0) is 9.59 Å². The first kappa shape index (κ1) is 11.0. The van der Waals surface area contributed by atoms with E-state index in [1.54, 1.807) is 6.92 Å². The number of guanidine groups is 2. The Balaban J connectivity index is 2.84. The highest BCUT2D eigenvalue weighted by Crippen LogP contribution is 2.05. The number of piperazine rings is 1. The molecule has 1 aliphatic heterocycles. The van der Waals surface area contributed by atoms with E-state index in [4.69, 9.17) is 16.9 Å². The molecule has 8 heteroatoms. The van der Waals surface area contributed by atoms with Crippen molar-refractivity contribution in [1.29, 1.82) is 5.41 Å². The molecule has 0 aromatic carbocycles. The zero-order valence-electron chi connectivity index (χ0n) is 8.15. The van der Waals surface area contributed by atoms with Gasteiger partial charge in [-0.25, -0.2) is 0 Å². The number of amides is 2. The summed E-state index contributed by atoms with van der Waals surface area (Å²) in [5.74, 6) is -1.54. The van der Waals surface area contributed by atoms with Crippen molar-refractivity contribution in [2.24, 2.45) is 16.5 Å². The van der Waals surface area contributed by atoms with Crippen molar-refractivity contribution in [3.8, 4) is 0 Å². The molecule has 6 N–H and O–H groups in total. The van der Waals surface area contributed by atoms with Crippen LogP contribution in [0.2, 0.25) is 0 Å². The maximum atomic E-state index is 11.2. The van der Waals surface area contributed by atoms with Gasteiger partial charge >= 0.3 is 0 Å². The van der Waals surface area contributed by atoms with Crippen molar-refractivity contribution in [3.05, 3.63) is 0 Å². The molecule has 0 saturated carbocycles. The summed E-state index contributed by atoms with van der Waals surface area (Å²) in [6, 6.07) is -0.640. The second-order valence-corrected chi connectivity index (χ2v) is 3.08. The van der Waals surface area contributed by atoms with Gasteiger partial charge in [0.25, 0.3) is 0 Å². The number of imide groups is 1. The summed E-state index contributed by atoms with van der Waals surface area (Å²) < 4.78 is 0. The Bertz CT molecular complexity index is 345. The zero-order chi connectivity index (χ0) is 11.6. The molecule has 0 bridgehead atoms. The number of rotatable bonds is 0. The number of nitrogens with two attached hydrogens (primary N) is 2. The quantitative estimate of drug-likeness (QED) is 0.200. The second-order valence-electron chi connectivity index (χ2n) is 3.08. The fourth-order valence-electron chi connectivity index (χ4n) is 1.16. The first-order valence-corrected chi connectivity index (χ1v) is 4.20. The van der Waals surface area contributed by atoms with Crippen molar-refractivity contribution >= 4 is 23.7 Å². The normalized spacial score (nSPS) is 20.9. The fraction of sp³-hybridized carbons (Fsp3) is 0.429. The van der Waals surface area contributed by atoms with Gasteiger partial charge in [0.2, 0.25) is 17.8 Å². The Kier molecular flexibility index (Phi) is 2.88. The molecule has 8 nitrogen and oxygen atoms in total. The van der Waals surface area contributed by atoms with Crippen molar-refractivity contribution < 1.29 is 9.59 Å². The van der Waals surface area contributed by atoms with E-state index in [-0.39, 0.29) is 18.5 Å². The number of aliphatic imine (C=N–C) groups is 1. The Labute approximate surface area is 85.8 Å². The summed E-state index contributed by atoms with van der Waals surface area (Å²) in [4.78, 5) is 26.9. The van der Waals surface area contributed by atoms with Gasteiger partial charge in [-0.1, -0.05) is 0 Å².